The molecule has 0 saturated heterocycles. The van der Waals surface area contributed by atoms with Crippen LogP contribution in [0, 0.1) is 0 Å². The number of benzene rings is 4. The van der Waals surface area contributed by atoms with Crippen molar-refractivity contribution >= 4 is 44.7 Å². The molecule has 2 amide bonds. The predicted molar refractivity (Wildman–Crippen MR) is 158 cm³/mol. The van der Waals surface area contributed by atoms with Crippen LogP contribution in [-0.2, 0) is 14.8 Å². The fourth-order valence-corrected chi connectivity index (χ4v) is 5.94. The van der Waals surface area contributed by atoms with E-state index in [1.807, 2.05) is 24.3 Å². The summed E-state index contributed by atoms with van der Waals surface area (Å²) in [6.45, 7) is 0. The Bertz CT molecular complexity index is 1820. The molecule has 12 heteroatoms. The predicted octanol–water partition coefficient (Wildman–Crippen LogP) is 4.80. The molecule has 0 spiro atoms. The summed E-state index contributed by atoms with van der Waals surface area (Å²) in [7, 11) is -2.87. The Morgan fingerprint density at radius 2 is 1.64 bits per heavy atom. The summed E-state index contributed by atoms with van der Waals surface area (Å²) in [5.41, 5.74) is 3.85. The number of sulfonamides is 1. The van der Waals surface area contributed by atoms with Gasteiger partial charge < -0.3 is 9.84 Å². The summed E-state index contributed by atoms with van der Waals surface area (Å²) < 4.78 is 35.0. The maximum absolute atomic E-state index is 13.6. The van der Waals surface area contributed by atoms with E-state index in [1.54, 1.807) is 60.7 Å². The second kappa shape index (κ2) is 12.1. The number of para-hydroxylation sites is 2. The highest BCUT2D eigenvalue weighted by Crippen LogP contribution is 2.32. The minimum atomic E-state index is -4.23. The average Bonchev–Trinajstić information content (AvgIpc) is 3.39. The molecule has 5 rings (SSSR count). The minimum Gasteiger partial charge on any atom is -0.495 e. The summed E-state index contributed by atoms with van der Waals surface area (Å²) in [6.07, 6.45) is -0.447. The Morgan fingerprint density at radius 1 is 0.905 bits per heavy atom. The van der Waals surface area contributed by atoms with Gasteiger partial charge in [-0.15, -0.1) is 0 Å². The molecule has 6 N–H and O–H groups in total. The summed E-state index contributed by atoms with van der Waals surface area (Å²) in [5, 5.41) is 14.9. The number of aliphatic carboxylic acids is 1. The van der Waals surface area contributed by atoms with Crippen LogP contribution < -0.4 is 25.1 Å². The molecule has 0 unspecified atom stereocenters. The van der Waals surface area contributed by atoms with Crippen molar-refractivity contribution in [1.82, 2.24) is 9.71 Å². The molecule has 1 heterocycles. The molecular weight excluding hydrogens is 558 g/mol. The maximum Gasteiger partial charge on any atom is 0.384 e. The van der Waals surface area contributed by atoms with Gasteiger partial charge in [0.2, 0.25) is 10.0 Å². The third-order valence-corrected chi connectivity index (χ3v) is 7.96. The SMILES string of the molecule is COc1ccc(-c2cccc(NC(=O)Nc3[nH]c4ccccc4[nH+]3)c2)cc1S(=O)(=O)N[C@H](CC(=O)O)c1ccccc1. The van der Waals surface area contributed by atoms with Crippen molar-refractivity contribution in [3.63, 3.8) is 0 Å². The van der Waals surface area contributed by atoms with Crippen LogP contribution in [0.3, 0.4) is 0 Å². The van der Waals surface area contributed by atoms with Crippen molar-refractivity contribution in [3.05, 3.63) is 103 Å². The quantitative estimate of drug-likeness (QED) is 0.158. The molecule has 0 bridgehead atoms. The topological polar surface area (TPSA) is 164 Å². The maximum atomic E-state index is 13.6. The fraction of sp³-hybridized carbons (Fsp3) is 0.100. The lowest BCUT2D eigenvalue weighted by Gasteiger charge is -2.19. The van der Waals surface area contributed by atoms with E-state index in [2.05, 4.69) is 25.3 Å². The summed E-state index contributed by atoms with van der Waals surface area (Å²) in [5.74, 6) is -0.640. The molecule has 0 fully saturated rings. The van der Waals surface area contributed by atoms with E-state index < -0.39 is 34.5 Å². The van der Waals surface area contributed by atoms with E-state index >= 15 is 0 Å². The largest absolute Gasteiger partial charge is 0.495 e. The van der Waals surface area contributed by atoms with Crippen LogP contribution in [0.1, 0.15) is 18.0 Å². The second-order valence-electron chi connectivity index (χ2n) is 9.38. The number of aromatic amines is 2. The molecular formula is C30H28N5O6S+. The van der Waals surface area contributed by atoms with Crippen LogP contribution in [0.2, 0.25) is 0 Å². The molecule has 42 heavy (non-hydrogen) atoms. The number of carboxylic acid groups (broad SMARTS) is 1. The first-order chi connectivity index (χ1) is 20.2. The van der Waals surface area contributed by atoms with E-state index in [4.69, 9.17) is 4.74 Å². The monoisotopic (exact) mass is 586 g/mol. The number of H-pyrrole nitrogens is 2. The zero-order chi connectivity index (χ0) is 29.7. The van der Waals surface area contributed by atoms with Crippen LogP contribution in [0.25, 0.3) is 22.2 Å². The van der Waals surface area contributed by atoms with Gasteiger partial charge in [0.05, 0.1) is 19.6 Å². The first-order valence-corrected chi connectivity index (χ1v) is 14.4. The van der Waals surface area contributed by atoms with Crippen LogP contribution in [0.4, 0.5) is 16.4 Å². The number of carbonyl (C=O) groups is 2. The average molecular weight is 587 g/mol. The van der Waals surface area contributed by atoms with Crippen molar-refractivity contribution in [3.8, 4) is 16.9 Å². The van der Waals surface area contributed by atoms with Crippen molar-refractivity contribution in [1.29, 1.82) is 0 Å². The number of rotatable bonds is 10. The molecule has 5 aromatic rings. The molecule has 0 saturated carbocycles. The lowest BCUT2D eigenvalue weighted by molar-refractivity contribution is -0.326. The second-order valence-corrected chi connectivity index (χ2v) is 11.1. The smallest absolute Gasteiger partial charge is 0.384 e. The molecule has 214 valence electrons. The highest BCUT2D eigenvalue weighted by atomic mass is 32.2. The normalized spacial score (nSPS) is 12.0. The number of anilines is 2. The van der Waals surface area contributed by atoms with Crippen molar-refractivity contribution in [2.45, 2.75) is 17.4 Å². The van der Waals surface area contributed by atoms with Gasteiger partial charge in [-0.3, -0.25) is 10.1 Å². The molecule has 0 radical (unpaired) electrons. The third-order valence-electron chi connectivity index (χ3n) is 6.47. The Labute approximate surface area is 241 Å². The first-order valence-electron chi connectivity index (χ1n) is 12.9. The number of carboxylic acids is 1. The number of methoxy groups -OCH3 is 1. The van der Waals surface area contributed by atoms with Crippen molar-refractivity contribution in [2.24, 2.45) is 0 Å². The summed E-state index contributed by atoms with van der Waals surface area (Å²) >= 11 is 0. The Hall–Kier alpha value is -5.20. The highest BCUT2D eigenvalue weighted by molar-refractivity contribution is 7.89. The number of urea groups is 1. The minimum absolute atomic E-state index is 0.0941. The Kier molecular flexibility index (Phi) is 8.18. The van der Waals surface area contributed by atoms with Gasteiger partial charge in [-0.25, -0.2) is 27.9 Å². The third kappa shape index (κ3) is 6.57. The van der Waals surface area contributed by atoms with E-state index in [1.165, 1.54) is 19.2 Å². The van der Waals surface area contributed by atoms with Gasteiger partial charge in [0.15, 0.2) is 0 Å². The number of carbonyl (C=O) groups excluding carboxylic acids is 1. The number of hydrogen-bond donors (Lipinski definition) is 5. The van der Waals surface area contributed by atoms with Gasteiger partial charge in [-0.05, 0) is 53.1 Å². The lowest BCUT2D eigenvalue weighted by Crippen LogP contribution is -2.30. The molecule has 0 aliphatic rings. The Morgan fingerprint density at radius 3 is 2.38 bits per heavy atom. The first kappa shape index (κ1) is 28.3. The van der Waals surface area contributed by atoms with Gasteiger partial charge in [0.1, 0.15) is 21.7 Å². The highest BCUT2D eigenvalue weighted by Gasteiger charge is 2.27. The van der Waals surface area contributed by atoms with Crippen LogP contribution in [0.15, 0.2) is 102 Å². The molecule has 1 atom stereocenters. The zero-order valence-corrected chi connectivity index (χ0v) is 23.2. The van der Waals surface area contributed by atoms with Crippen LogP contribution in [0.5, 0.6) is 5.75 Å². The van der Waals surface area contributed by atoms with Crippen LogP contribution in [-0.4, -0.2) is 37.6 Å². The zero-order valence-electron chi connectivity index (χ0n) is 22.4. The van der Waals surface area contributed by atoms with Crippen molar-refractivity contribution in [2.75, 3.05) is 17.7 Å². The summed E-state index contributed by atoms with van der Waals surface area (Å²) in [6, 6.07) is 26.1. The van der Waals surface area contributed by atoms with E-state index in [0.29, 0.717) is 28.3 Å². The molecule has 0 aliphatic heterocycles. The number of imidazole rings is 1. The van der Waals surface area contributed by atoms with E-state index in [0.717, 1.165) is 11.0 Å². The molecule has 11 nitrogen and oxygen atoms in total. The number of amides is 2. The number of ether oxygens (including phenoxy) is 1. The molecule has 0 aliphatic carbocycles. The number of aromatic nitrogens is 2. The van der Waals surface area contributed by atoms with Gasteiger partial charge in [-0.1, -0.05) is 60.7 Å². The molecule has 1 aromatic heterocycles. The lowest BCUT2D eigenvalue weighted by atomic mass is 10.0. The summed E-state index contributed by atoms with van der Waals surface area (Å²) in [4.78, 5) is 30.2. The number of fused-ring (bicyclic) bond motifs is 1. The number of nitrogens with one attached hydrogen (secondary N) is 5. The van der Waals surface area contributed by atoms with Crippen LogP contribution >= 0.6 is 0 Å². The van der Waals surface area contributed by atoms with Gasteiger partial charge in [0.25, 0.3) is 0 Å². The van der Waals surface area contributed by atoms with E-state index in [9.17, 15) is 23.1 Å². The fourth-order valence-electron chi connectivity index (χ4n) is 4.52. The molecule has 4 aromatic carbocycles. The Balaban J connectivity index is 1.38. The van der Waals surface area contributed by atoms with Crippen molar-refractivity contribution < 1.29 is 32.8 Å². The van der Waals surface area contributed by atoms with Gasteiger partial charge >= 0.3 is 17.9 Å². The standard InChI is InChI=1S/C30H27N5O6S/c1-41-26-15-14-21(17-27(26)42(39,40)35-25(18-28(36)37)19-8-3-2-4-9-19)20-10-7-11-22(16-20)31-30(38)34-29-32-23-12-5-6-13-24(23)33-29/h2-17,25,35H,18H2,1H3,(H,36,37)(H3,31,32,33,34,38)/p+1/t25-/m1/s1. The van der Waals surface area contributed by atoms with Gasteiger partial charge in [0, 0.05) is 5.69 Å². The van der Waals surface area contributed by atoms with Gasteiger partial charge in [-0.2, -0.15) is 5.32 Å². The number of hydrogen-bond acceptors (Lipinski definition) is 5. The van der Waals surface area contributed by atoms with E-state index in [-0.39, 0.29) is 10.6 Å².